The predicted molar refractivity (Wildman–Crippen MR) is 66.4 cm³/mol. The van der Waals surface area contributed by atoms with Crippen molar-refractivity contribution in [1.29, 1.82) is 5.26 Å². The predicted octanol–water partition coefficient (Wildman–Crippen LogP) is 1.20. The van der Waals surface area contributed by atoms with Crippen molar-refractivity contribution in [2.75, 3.05) is 26.2 Å². The van der Waals surface area contributed by atoms with E-state index in [1.54, 1.807) is 0 Å². The zero-order valence-electron chi connectivity index (χ0n) is 10.6. The minimum Gasteiger partial charge on any atom is -0.198 e. The van der Waals surface area contributed by atoms with E-state index in [2.05, 4.69) is 0 Å². The zero-order valence-corrected chi connectivity index (χ0v) is 11.4. The van der Waals surface area contributed by atoms with Gasteiger partial charge in [-0.25, -0.2) is 0 Å². The third-order valence-corrected chi connectivity index (χ3v) is 4.76. The molecule has 0 bridgehead atoms. The highest BCUT2D eigenvalue weighted by Gasteiger charge is 2.31. The average molecular weight is 259 g/mol. The molecule has 0 aromatic carbocycles. The van der Waals surface area contributed by atoms with Crippen molar-refractivity contribution in [1.82, 2.24) is 8.61 Å². The lowest BCUT2D eigenvalue weighted by molar-refractivity contribution is 0.335. The van der Waals surface area contributed by atoms with E-state index in [1.165, 1.54) is 8.61 Å². The standard InChI is InChI=1S/C11H21N3O2S/c1-11(2)10-14(9-5-6-12)17(15,16)13-7-3-4-8-13/h11H,3-5,7-10H2,1-2H3. The van der Waals surface area contributed by atoms with Gasteiger partial charge in [0.15, 0.2) is 0 Å². The molecule has 0 aliphatic carbocycles. The number of rotatable bonds is 6. The second-order valence-corrected chi connectivity index (χ2v) is 6.70. The molecular weight excluding hydrogens is 238 g/mol. The minimum absolute atomic E-state index is 0.250. The van der Waals surface area contributed by atoms with Crippen LogP contribution in [-0.4, -0.2) is 43.2 Å². The summed E-state index contributed by atoms with van der Waals surface area (Å²) in [7, 11) is -3.35. The first-order valence-corrected chi connectivity index (χ1v) is 7.50. The van der Waals surface area contributed by atoms with Gasteiger partial charge >= 0.3 is 0 Å². The second kappa shape index (κ2) is 6.34. The summed E-state index contributed by atoms with van der Waals surface area (Å²) >= 11 is 0. The summed E-state index contributed by atoms with van der Waals surface area (Å²) in [4.78, 5) is 0. The molecule has 1 saturated heterocycles. The molecule has 1 aliphatic rings. The van der Waals surface area contributed by atoms with Crippen molar-refractivity contribution < 1.29 is 8.42 Å². The van der Waals surface area contributed by atoms with Gasteiger partial charge in [-0.1, -0.05) is 13.8 Å². The summed E-state index contributed by atoms with van der Waals surface area (Å²) in [5, 5.41) is 8.60. The van der Waals surface area contributed by atoms with E-state index in [1.807, 2.05) is 19.9 Å². The number of hydrogen-bond donors (Lipinski definition) is 0. The average Bonchev–Trinajstić information content (AvgIpc) is 2.77. The Morgan fingerprint density at radius 3 is 2.41 bits per heavy atom. The molecular formula is C11H21N3O2S. The fourth-order valence-electron chi connectivity index (χ4n) is 1.96. The molecule has 0 aromatic heterocycles. The van der Waals surface area contributed by atoms with Crippen LogP contribution in [0, 0.1) is 17.2 Å². The van der Waals surface area contributed by atoms with Crippen LogP contribution >= 0.6 is 0 Å². The van der Waals surface area contributed by atoms with Crippen LogP contribution in [0.15, 0.2) is 0 Å². The smallest absolute Gasteiger partial charge is 0.198 e. The van der Waals surface area contributed by atoms with Crippen molar-refractivity contribution in [2.45, 2.75) is 33.1 Å². The Morgan fingerprint density at radius 2 is 1.94 bits per heavy atom. The van der Waals surface area contributed by atoms with Gasteiger partial charge in [0.05, 0.1) is 6.07 Å². The van der Waals surface area contributed by atoms with Crippen molar-refractivity contribution in [3.05, 3.63) is 0 Å². The lowest BCUT2D eigenvalue weighted by Gasteiger charge is -2.27. The Labute approximate surface area is 104 Å². The normalized spacial score (nSPS) is 17.8. The van der Waals surface area contributed by atoms with Crippen molar-refractivity contribution in [2.24, 2.45) is 5.92 Å². The molecule has 98 valence electrons. The Hall–Kier alpha value is -0.640. The molecule has 0 amide bonds. The first-order valence-electron chi connectivity index (χ1n) is 6.10. The van der Waals surface area contributed by atoms with Gasteiger partial charge in [-0.2, -0.15) is 22.3 Å². The van der Waals surface area contributed by atoms with Crippen LogP contribution in [0.1, 0.15) is 33.1 Å². The van der Waals surface area contributed by atoms with Crippen LogP contribution in [0.3, 0.4) is 0 Å². The van der Waals surface area contributed by atoms with E-state index in [-0.39, 0.29) is 12.3 Å². The highest BCUT2D eigenvalue weighted by Crippen LogP contribution is 2.17. The molecule has 17 heavy (non-hydrogen) atoms. The summed E-state index contributed by atoms with van der Waals surface area (Å²) in [6.45, 7) is 5.98. The van der Waals surface area contributed by atoms with E-state index in [4.69, 9.17) is 5.26 Å². The van der Waals surface area contributed by atoms with E-state index in [0.717, 1.165) is 12.8 Å². The van der Waals surface area contributed by atoms with Crippen LogP contribution in [0.4, 0.5) is 0 Å². The molecule has 0 N–H and O–H groups in total. The number of nitriles is 1. The molecule has 0 atom stereocenters. The van der Waals surface area contributed by atoms with E-state index < -0.39 is 10.2 Å². The third-order valence-electron chi connectivity index (χ3n) is 2.76. The van der Waals surface area contributed by atoms with Crippen LogP contribution in [0.5, 0.6) is 0 Å². The second-order valence-electron chi connectivity index (χ2n) is 4.77. The molecule has 1 heterocycles. The maximum atomic E-state index is 12.3. The third kappa shape index (κ3) is 3.95. The topological polar surface area (TPSA) is 64.4 Å². The largest absolute Gasteiger partial charge is 0.282 e. The summed E-state index contributed by atoms with van der Waals surface area (Å²) in [5.41, 5.74) is 0. The molecule has 0 saturated carbocycles. The minimum atomic E-state index is -3.35. The van der Waals surface area contributed by atoms with Crippen molar-refractivity contribution in [3.8, 4) is 6.07 Å². The van der Waals surface area contributed by atoms with Gasteiger partial charge in [0.1, 0.15) is 0 Å². The first-order chi connectivity index (χ1) is 7.98. The quantitative estimate of drug-likeness (QED) is 0.720. The van der Waals surface area contributed by atoms with Crippen LogP contribution < -0.4 is 0 Å². The molecule has 6 heteroatoms. The van der Waals surface area contributed by atoms with E-state index in [9.17, 15) is 8.42 Å². The molecule has 0 spiro atoms. The first kappa shape index (κ1) is 14.4. The molecule has 0 unspecified atom stereocenters. The fraction of sp³-hybridized carbons (Fsp3) is 0.909. The van der Waals surface area contributed by atoms with Crippen LogP contribution in [0.25, 0.3) is 0 Å². The number of nitrogens with zero attached hydrogens (tertiary/aromatic N) is 3. The molecule has 0 radical (unpaired) electrons. The number of hydrogen-bond acceptors (Lipinski definition) is 3. The summed E-state index contributed by atoms with van der Waals surface area (Å²) < 4.78 is 27.6. The Balaban J connectivity index is 2.76. The molecule has 0 aromatic rings. The van der Waals surface area contributed by atoms with Gasteiger partial charge in [0.25, 0.3) is 10.2 Å². The molecule has 1 rings (SSSR count). The van der Waals surface area contributed by atoms with Gasteiger partial charge in [-0.15, -0.1) is 0 Å². The Morgan fingerprint density at radius 1 is 1.35 bits per heavy atom. The molecule has 1 fully saturated rings. The SMILES string of the molecule is CC(C)CN(CCC#N)S(=O)(=O)N1CCCC1. The van der Waals surface area contributed by atoms with E-state index in [0.29, 0.717) is 26.2 Å². The van der Waals surface area contributed by atoms with Gasteiger partial charge in [0, 0.05) is 32.6 Å². The van der Waals surface area contributed by atoms with Gasteiger partial charge < -0.3 is 0 Å². The van der Waals surface area contributed by atoms with Gasteiger partial charge in [-0.05, 0) is 18.8 Å². The van der Waals surface area contributed by atoms with Crippen LogP contribution in [-0.2, 0) is 10.2 Å². The highest BCUT2D eigenvalue weighted by atomic mass is 32.2. The maximum Gasteiger partial charge on any atom is 0.282 e. The van der Waals surface area contributed by atoms with Crippen LogP contribution in [0.2, 0.25) is 0 Å². The van der Waals surface area contributed by atoms with Crippen molar-refractivity contribution in [3.63, 3.8) is 0 Å². The van der Waals surface area contributed by atoms with Gasteiger partial charge in [0.2, 0.25) is 0 Å². The monoisotopic (exact) mass is 259 g/mol. The Kier molecular flexibility index (Phi) is 5.37. The molecule has 1 aliphatic heterocycles. The van der Waals surface area contributed by atoms with E-state index >= 15 is 0 Å². The summed E-state index contributed by atoms with van der Waals surface area (Å²) in [6.07, 6.45) is 2.12. The lowest BCUT2D eigenvalue weighted by atomic mass is 10.2. The zero-order chi connectivity index (χ0) is 12.9. The van der Waals surface area contributed by atoms with Crippen molar-refractivity contribution >= 4 is 10.2 Å². The van der Waals surface area contributed by atoms with Gasteiger partial charge in [-0.3, -0.25) is 0 Å². The fourth-order valence-corrected chi connectivity index (χ4v) is 3.82. The molecule has 5 nitrogen and oxygen atoms in total. The lowest BCUT2D eigenvalue weighted by Crippen LogP contribution is -2.44. The highest BCUT2D eigenvalue weighted by molar-refractivity contribution is 7.86. The summed E-state index contributed by atoms with van der Waals surface area (Å²) in [6, 6.07) is 2.01. The summed E-state index contributed by atoms with van der Waals surface area (Å²) in [5.74, 6) is 0.270. The maximum absolute atomic E-state index is 12.3. The Bertz CT molecular complexity index is 367.